The third kappa shape index (κ3) is 4.69. The highest BCUT2D eigenvalue weighted by Crippen LogP contribution is 2.76. The molecule has 6 rings (SSSR count). The summed E-state index contributed by atoms with van der Waals surface area (Å²) in [6.45, 7) is 19.2. The van der Waals surface area contributed by atoms with E-state index in [9.17, 15) is 14.0 Å². The fourth-order valence-corrected chi connectivity index (χ4v) is 12.2. The van der Waals surface area contributed by atoms with E-state index in [0.717, 1.165) is 63.4 Å². The van der Waals surface area contributed by atoms with Crippen LogP contribution in [0.2, 0.25) is 0 Å². The van der Waals surface area contributed by atoms with Gasteiger partial charge in [0.05, 0.1) is 0 Å². The van der Waals surface area contributed by atoms with Gasteiger partial charge in [-0.15, -0.1) is 0 Å². The first-order valence-electron chi connectivity index (χ1n) is 17.6. The molecule has 4 fully saturated rings. The van der Waals surface area contributed by atoms with Gasteiger partial charge in [-0.2, -0.15) is 0 Å². The minimum atomic E-state index is -0.264. The molecule has 242 valence electrons. The van der Waals surface area contributed by atoms with Gasteiger partial charge in [0.1, 0.15) is 17.7 Å². The molecule has 0 radical (unpaired) electrons. The number of hydrogen-bond donors (Lipinski definition) is 0. The zero-order valence-electron chi connectivity index (χ0n) is 28.8. The van der Waals surface area contributed by atoms with Crippen LogP contribution in [-0.4, -0.2) is 17.9 Å². The van der Waals surface area contributed by atoms with Crippen LogP contribution in [0, 0.1) is 56.1 Å². The lowest BCUT2D eigenvalue weighted by Gasteiger charge is -2.71. The molecule has 0 heterocycles. The first-order chi connectivity index (χ1) is 20.5. The second-order valence-corrected chi connectivity index (χ2v) is 17.9. The van der Waals surface area contributed by atoms with Gasteiger partial charge >= 0.3 is 5.97 Å². The maximum absolute atomic E-state index is 13.6. The Bertz CT molecular complexity index is 1360. The van der Waals surface area contributed by atoms with Crippen molar-refractivity contribution < 1.29 is 18.7 Å². The van der Waals surface area contributed by atoms with E-state index >= 15 is 0 Å². The number of ketones is 1. The topological polar surface area (TPSA) is 43.4 Å². The highest BCUT2D eigenvalue weighted by Gasteiger charge is 2.69. The largest absolute Gasteiger partial charge is 0.462 e. The maximum Gasteiger partial charge on any atom is 0.306 e. The van der Waals surface area contributed by atoms with Crippen LogP contribution in [-0.2, 0) is 20.7 Å². The molecule has 3 nitrogen and oxygen atoms in total. The highest BCUT2D eigenvalue weighted by atomic mass is 19.1. The van der Waals surface area contributed by atoms with Crippen LogP contribution >= 0.6 is 0 Å². The van der Waals surface area contributed by atoms with Gasteiger partial charge in [-0.05, 0) is 135 Å². The van der Waals surface area contributed by atoms with Gasteiger partial charge in [-0.1, -0.05) is 72.2 Å². The number of benzene rings is 1. The lowest BCUT2D eigenvalue weighted by molar-refractivity contribution is -0.212. The average molecular weight is 605 g/mol. The minimum absolute atomic E-state index is 0.0921. The zero-order valence-corrected chi connectivity index (χ0v) is 28.8. The molecule has 5 aliphatic carbocycles. The first kappa shape index (κ1) is 32.0. The van der Waals surface area contributed by atoms with Gasteiger partial charge in [-0.3, -0.25) is 9.59 Å². The highest BCUT2D eigenvalue weighted by molar-refractivity contribution is 5.84. The van der Waals surface area contributed by atoms with Crippen LogP contribution in [0.5, 0.6) is 0 Å². The molecule has 44 heavy (non-hydrogen) atoms. The molecule has 5 aliphatic rings. The number of Topliss-reactive ketones (excluding diaryl/α,β-unsaturated/α-hetero) is 1. The molecule has 0 saturated heterocycles. The number of esters is 1. The van der Waals surface area contributed by atoms with Crippen LogP contribution in [0.25, 0.3) is 0 Å². The van der Waals surface area contributed by atoms with Gasteiger partial charge in [-0.25, -0.2) is 4.39 Å². The van der Waals surface area contributed by atoms with Gasteiger partial charge in [0, 0.05) is 17.3 Å². The summed E-state index contributed by atoms with van der Waals surface area (Å²) < 4.78 is 19.9. The molecular weight excluding hydrogens is 547 g/mol. The Hall–Kier alpha value is -1.97. The van der Waals surface area contributed by atoms with Crippen LogP contribution in [0.15, 0.2) is 35.9 Å². The molecule has 0 aromatic heterocycles. The van der Waals surface area contributed by atoms with Crippen molar-refractivity contribution in [2.75, 3.05) is 0 Å². The van der Waals surface area contributed by atoms with E-state index in [4.69, 9.17) is 4.74 Å². The number of fused-ring (bicyclic) bond motifs is 7. The maximum atomic E-state index is 13.6. The third-order valence-corrected chi connectivity index (χ3v) is 15.1. The normalized spacial score (nSPS) is 42.1. The van der Waals surface area contributed by atoms with Crippen molar-refractivity contribution in [3.63, 3.8) is 0 Å². The summed E-state index contributed by atoms with van der Waals surface area (Å²) in [6, 6.07) is 6.52. The molecule has 0 bridgehead atoms. The van der Waals surface area contributed by atoms with Crippen molar-refractivity contribution in [3.05, 3.63) is 47.3 Å². The Kier molecular flexibility index (Phi) is 7.65. The number of halogens is 1. The van der Waals surface area contributed by atoms with Crippen molar-refractivity contribution in [1.82, 2.24) is 0 Å². The molecule has 0 N–H and O–H groups in total. The third-order valence-electron chi connectivity index (χ3n) is 15.1. The quantitative estimate of drug-likeness (QED) is 0.248. The Labute approximate surface area is 266 Å². The number of carbonyl (C=O) groups is 2. The molecule has 4 heteroatoms. The number of allylic oxidation sites excluding steroid dienone is 2. The van der Waals surface area contributed by atoms with E-state index < -0.39 is 0 Å². The summed E-state index contributed by atoms with van der Waals surface area (Å²) in [7, 11) is 0. The standard InChI is InChI=1S/C40H57FO3/c1-26(42)40-22-20-35(2,3)25-30(40)29-13-14-32-37(6)18-17-33(44-34(43)15-12-27-10-9-11-28(41)24-27)36(4,5)31(37)16-19-39(32,8)38(29,7)21-23-40/h9-11,13,24,30-33H,12,14-23,25H2,1-8H3/t30-,31?,32+,33-,37-,38+,39+,40+/m0/s1. The van der Waals surface area contributed by atoms with Crippen LogP contribution < -0.4 is 0 Å². The van der Waals surface area contributed by atoms with Crippen molar-refractivity contribution in [2.45, 2.75) is 139 Å². The molecule has 0 amide bonds. The molecule has 1 aromatic carbocycles. The summed E-state index contributed by atoms with van der Waals surface area (Å²) in [5.41, 5.74) is 2.95. The Morgan fingerprint density at radius 2 is 1.64 bits per heavy atom. The van der Waals surface area contributed by atoms with Crippen molar-refractivity contribution >= 4 is 11.8 Å². The summed E-state index contributed by atoms with van der Waals surface area (Å²) in [5.74, 6) is 1.43. The van der Waals surface area contributed by atoms with Crippen LogP contribution in [0.1, 0.15) is 132 Å². The number of rotatable bonds is 5. The average Bonchev–Trinajstić information content (AvgIpc) is 2.93. The van der Waals surface area contributed by atoms with E-state index in [2.05, 4.69) is 54.5 Å². The SMILES string of the molecule is CC(=O)[C@]12CCC(C)(C)C[C@H]1C1=CC[C@@H]3[C@@]4(C)CC[C@H](OC(=O)CCc5cccc(F)c5)C(C)(C)C4CC[C@@]3(C)[C@]1(C)CC2. The van der Waals surface area contributed by atoms with Crippen molar-refractivity contribution in [1.29, 1.82) is 0 Å². The fraction of sp³-hybridized carbons (Fsp3) is 0.750. The van der Waals surface area contributed by atoms with Crippen molar-refractivity contribution in [3.8, 4) is 0 Å². The lowest BCUT2D eigenvalue weighted by atomic mass is 9.33. The van der Waals surface area contributed by atoms with E-state index in [1.165, 1.54) is 18.6 Å². The number of carbonyl (C=O) groups excluding carboxylic acids is 2. The van der Waals surface area contributed by atoms with Crippen LogP contribution in [0.4, 0.5) is 4.39 Å². The lowest BCUT2D eigenvalue weighted by Crippen LogP contribution is -2.65. The van der Waals surface area contributed by atoms with E-state index in [-0.39, 0.29) is 56.8 Å². The monoisotopic (exact) mass is 604 g/mol. The van der Waals surface area contributed by atoms with E-state index in [1.807, 2.05) is 13.0 Å². The van der Waals surface area contributed by atoms with E-state index in [1.54, 1.807) is 11.6 Å². The molecule has 1 unspecified atom stereocenters. The second-order valence-electron chi connectivity index (χ2n) is 17.9. The predicted octanol–water partition coefficient (Wildman–Crippen LogP) is 10.1. The molecule has 1 aromatic rings. The molecule has 0 spiro atoms. The fourth-order valence-electron chi connectivity index (χ4n) is 12.2. The Morgan fingerprint density at radius 1 is 0.909 bits per heavy atom. The molecule has 0 aliphatic heterocycles. The van der Waals surface area contributed by atoms with E-state index in [0.29, 0.717) is 30.0 Å². The van der Waals surface area contributed by atoms with Gasteiger partial charge in [0.2, 0.25) is 0 Å². The predicted molar refractivity (Wildman–Crippen MR) is 174 cm³/mol. The van der Waals surface area contributed by atoms with Gasteiger partial charge < -0.3 is 4.74 Å². The number of hydrogen-bond acceptors (Lipinski definition) is 3. The Morgan fingerprint density at radius 3 is 2.34 bits per heavy atom. The summed E-state index contributed by atoms with van der Waals surface area (Å²) in [5, 5.41) is 0. The molecule has 8 atom stereocenters. The molecular formula is C40H57FO3. The van der Waals surface area contributed by atoms with Crippen molar-refractivity contribution in [2.24, 2.45) is 50.2 Å². The number of ether oxygens (including phenoxy) is 1. The Balaban J connectivity index is 1.24. The summed E-state index contributed by atoms with van der Waals surface area (Å²) in [6.07, 6.45) is 14.3. The smallest absolute Gasteiger partial charge is 0.306 e. The number of aryl methyl sites for hydroxylation is 1. The molecule has 4 saturated carbocycles. The van der Waals surface area contributed by atoms with Gasteiger partial charge in [0.25, 0.3) is 0 Å². The first-order valence-corrected chi connectivity index (χ1v) is 17.6. The zero-order chi connectivity index (χ0) is 31.9. The van der Waals surface area contributed by atoms with Gasteiger partial charge in [0.15, 0.2) is 0 Å². The second kappa shape index (κ2) is 10.5. The van der Waals surface area contributed by atoms with Crippen LogP contribution in [0.3, 0.4) is 0 Å². The summed E-state index contributed by atoms with van der Waals surface area (Å²) in [4.78, 5) is 26.4. The minimum Gasteiger partial charge on any atom is -0.462 e. The summed E-state index contributed by atoms with van der Waals surface area (Å²) >= 11 is 0.